The van der Waals surface area contributed by atoms with E-state index < -0.39 is 0 Å². The highest BCUT2D eigenvalue weighted by molar-refractivity contribution is 6.31. The summed E-state index contributed by atoms with van der Waals surface area (Å²) in [4.78, 5) is 42.0. The summed E-state index contributed by atoms with van der Waals surface area (Å²) in [5.74, 6) is -0.481. The summed E-state index contributed by atoms with van der Waals surface area (Å²) < 4.78 is 1.49. The number of pyridine rings is 1. The molecule has 0 spiro atoms. The molecule has 240 valence electrons. The van der Waals surface area contributed by atoms with Gasteiger partial charge in [0.15, 0.2) is 11.6 Å². The fraction of sp³-hybridized carbons (Fsp3) is 0.310. The Balaban J connectivity index is 1.26. The van der Waals surface area contributed by atoms with Gasteiger partial charge in [0.05, 0.1) is 22.3 Å². The topological polar surface area (TPSA) is 68.2 Å². The first kappa shape index (κ1) is 32.2. The molecule has 47 heavy (non-hydrogen) atoms. The van der Waals surface area contributed by atoms with Crippen LogP contribution in [-0.2, 0) is 13.5 Å². The highest BCUT2D eigenvalue weighted by atomic mass is 16.1. The first-order chi connectivity index (χ1) is 23.0. The molecular weight excluding hydrogens is 580 g/mol. The zero-order valence-electron chi connectivity index (χ0n) is 27.6. The smallest absolute Gasteiger partial charge is 0.262 e. The Morgan fingerprint density at radius 2 is 1.28 bits per heavy atom. The van der Waals surface area contributed by atoms with Crippen molar-refractivity contribution >= 4 is 33.8 Å². The molecule has 0 atom stereocenters. The third-order valence-electron chi connectivity index (χ3n) is 9.55. The molecule has 5 aromatic rings. The lowest BCUT2D eigenvalue weighted by molar-refractivity contribution is 0.102. The summed E-state index contributed by atoms with van der Waals surface area (Å²) in [5.41, 5.74) is 5.69. The Bertz CT molecular complexity index is 1960. The largest absolute Gasteiger partial charge is 0.355 e. The number of nitrogens with zero attached hydrogens (tertiary/aromatic N) is 1. The van der Waals surface area contributed by atoms with Crippen LogP contribution in [0.2, 0.25) is 0 Å². The van der Waals surface area contributed by atoms with Crippen molar-refractivity contribution in [3.8, 4) is 11.1 Å². The molecule has 5 nitrogen and oxygen atoms in total. The summed E-state index contributed by atoms with van der Waals surface area (Å²) in [6.45, 7) is 2.26. The van der Waals surface area contributed by atoms with E-state index in [2.05, 4.69) is 36.5 Å². The first-order valence-electron chi connectivity index (χ1n) is 17.3. The molecule has 1 N–H and O–H groups in total. The summed E-state index contributed by atoms with van der Waals surface area (Å²) in [7, 11) is 1.67. The van der Waals surface area contributed by atoms with Crippen LogP contribution in [0.25, 0.3) is 22.0 Å². The molecule has 1 aliphatic carbocycles. The molecule has 0 amide bonds. The Kier molecular flexibility index (Phi) is 10.1. The number of unbranched alkanes of at least 4 members (excludes halogenated alkanes) is 9. The molecule has 1 aromatic heterocycles. The Morgan fingerprint density at radius 3 is 1.96 bits per heavy atom. The monoisotopic (exact) mass is 624 g/mol. The van der Waals surface area contributed by atoms with Crippen LogP contribution in [0.1, 0.15) is 109 Å². The van der Waals surface area contributed by atoms with Gasteiger partial charge in [-0.15, -0.1) is 0 Å². The lowest BCUT2D eigenvalue weighted by Gasteiger charge is -2.25. The van der Waals surface area contributed by atoms with Gasteiger partial charge in [0.2, 0.25) is 0 Å². The number of carbonyl (C=O) groups excluding carboxylic acids is 2. The third kappa shape index (κ3) is 6.71. The van der Waals surface area contributed by atoms with Crippen LogP contribution in [0, 0.1) is 0 Å². The van der Waals surface area contributed by atoms with E-state index in [0.717, 1.165) is 12.1 Å². The van der Waals surface area contributed by atoms with Crippen molar-refractivity contribution in [1.82, 2.24) is 4.57 Å². The van der Waals surface area contributed by atoms with Gasteiger partial charge >= 0.3 is 0 Å². The molecule has 0 bridgehead atoms. The number of aromatic nitrogens is 1. The number of aryl methyl sites for hydroxylation is 2. The average Bonchev–Trinajstić information content (AvgIpc) is 3.10. The van der Waals surface area contributed by atoms with Crippen molar-refractivity contribution in [3.05, 3.63) is 129 Å². The average molecular weight is 625 g/mol. The van der Waals surface area contributed by atoms with Gasteiger partial charge in [0.25, 0.3) is 5.56 Å². The summed E-state index contributed by atoms with van der Waals surface area (Å²) in [6, 6.07) is 28.3. The van der Waals surface area contributed by atoms with Gasteiger partial charge in [-0.25, -0.2) is 0 Å². The number of rotatable bonds is 15. The number of hydrogen-bond acceptors (Lipinski definition) is 4. The minimum atomic E-state index is -0.379. The second-order valence-electron chi connectivity index (χ2n) is 12.8. The van der Waals surface area contributed by atoms with Crippen LogP contribution in [-0.4, -0.2) is 16.1 Å². The van der Waals surface area contributed by atoms with Gasteiger partial charge in [-0.1, -0.05) is 131 Å². The number of carbonyl (C=O) groups is 2. The predicted molar refractivity (Wildman–Crippen MR) is 193 cm³/mol. The SMILES string of the molecule is CCCCCCCCCCCCc1ccc(Nc2ccc3c4c2C(=O)c2ccccc2-c4c(C(=O)c2ccccc2)c(=O)n3C)cc1. The number of fused-ring (bicyclic) bond motifs is 2. The van der Waals surface area contributed by atoms with E-state index in [1.807, 2.05) is 36.4 Å². The fourth-order valence-electron chi connectivity index (χ4n) is 6.95. The van der Waals surface area contributed by atoms with Crippen molar-refractivity contribution < 1.29 is 9.59 Å². The molecule has 5 heteroatoms. The zero-order valence-corrected chi connectivity index (χ0v) is 27.6. The van der Waals surface area contributed by atoms with Crippen LogP contribution in [0.4, 0.5) is 11.4 Å². The number of hydrogen-bond donors (Lipinski definition) is 1. The van der Waals surface area contributed by atoms with Crippen molar-refractivity contribution in [2.45, 2.75) is 77.6 Å². The maximum Gasteiger partial charge on any atom is 0.262 e. The van der Waals surface area contributed by atoms with Crippen molar-refractivity contribution in [1.29, 1.82) is 0 Å². The Morgan fingerprint density at radius 1 is 0.660 bits per heavy atom. The van der Waals surface area contributed by atoms with E-state index in [4.69, 9.17) is 0 Å². The van der Waals surface area contributed by atoms with E-state index in [0.29, 0.717) is 44.4 Å². The molecule has 1 aliphatic rings. The van der Waals surface area contributed by atoms with Crippen LogP contribution in [0.15, 0.2) is 95.8 Å². The van der Waals surface area contributed by atoms with Crippen LogP contribution >= 0.6 is 0 Å². The minimum Gasteiger partial charge on any atom is -0.355 e. The Labute approximate surface area is 277 Å². The summed E-state index contributed by atoms with van der Waals surface area (Å²) in [6.07, 6.45) is 14.3. The quantitative estimate of drug-likeness (QED) is 0.0912. The van der Waals surface area contributed by atoms with E-state index in [1.54, 1.807) is 37.4 Å². The Hall–Kier alpha value is -4.77. The van der Waals surface area contributed by atoms with Gasteiger partial charge in [-0.3, -0.25) is 14.4 Å². The number of anilines is 2. The van der Waals surface area contributed by atoms with Crippen molar-refractivity contribution in [3.63, 3.8) is 0 Å². The molecule has 6 rings (SSSR count). The normalized spacial score (nSPS) is 11.9. The summed E-state index contributed by atoms with van der Waals surface area (Å²) >= 11 is 0. The molecule has 0 aliphatic heterocycles. The lowest BCUT2D eigenvalue weighted by atomic mass is 9.80. The zero-order chi connectivity index (χ0) is 32.8. The van der Waals surface area contributed by atoms with Gasteiger partial charge in [0.1, 0.15) is 0 Å². The second kappa shape index (κ2) is 14.8. The molecule has 0 fully saturated rings. The first-order valence-corrected chi connectivity index (χ1v) is 17.3. The predicted octanol–water partition coefficient (Wildman–Crippen LogP) is 10.2. The highest BCUT2D eigenvalue weighted by Gasteiger charge is 2.33. The van der Waals surface area contributed by atoms with Crippen molar-refractivity contribution in [2.24, 2.45) is 7.05 Å². The maximum absolute atomic E-state index is 14.2. The standard InChI is InChI=1S/C42H44N2O3/c1-3-4-5-6-7-8-9-10-11-13-18-29-23-25-31(26-24-29)43-34-27-28-35-38-36(32-21-16-17-22-33(32)41(46)37(34)38)39(42(47)44(35)2)40(45)30-19-14-12-15-20-30/h12,14-17,19-28,43H,3-11,13,18H2,1-2H3. The third-order valence-corrected chi connectivity index (χ3v) is 9.55. The van der Waals surface area contributed by atoms with E-state index in [-0.39, 0.29) is 22.7 Å². The molecule has 0 unspecified atom stereocenters. The maximum atomic E-state index is 14.2. The highest BCUT2D eigenvalue weighted by Crippen LogP contribution is 2.44. The molecule has 0 saturated carbocycles. The molecule has 1 heterocycles. The van der Waals surface area contributed by atoms with E-state index in [1.165, 1.54) is 74.3 Å². The van der Waals surface area contributed by atoms with Crippen LogP contribution < -0.4 is 10.9 Å². The van der Waals surface area contributed by atoms with E-state index >= 15 is 0 Å². The van der Waals surface area contributed by atoms with Crippen molar-refractivity contribution in [2.75, 3.05) is 5.32 Å². The molecular formula is C42H44N2O3. The van der Waals surface area contributed by atoms with Gasteiger partial charge < -0.3 is 9.88 Å². The minimum absolute atomic E-state index is 0.0841. The number of benzene rings is 4. The molecule has 0 saturated heterocycles. The van der Waals surface area contributed by atoms with Crippen LogP contribution in [0.5, 0.6) is 0 Å². The molecule has 0 radical (unpaired) electrons. The van der Waals surface area contributed by atoms with Crippen LogP contribution in [0.3, 0.4) is 0 Å². The summed E-state index contributed by atoms with van der Waals surface area (Å²) in [5, 5.41) is 4.12. The number of nitrogens with one attached hydrogen (secondary N) is 1. The second-order valence-corrected chi connectivity index (χ2v) is 12.8. The van der Waals surface area contributed by atoms with Gasteiger partial charge in [0, 0.05) is 34.8 Å². The van der Waals surface area contributed by atoms with Gasteiger partial charge in [-0.05, 0) is 48.2 Å². The number of ketones is 2. The fourth-order valence-corrected chi connectivity index (χ4v) is 6.95. The lowest BCUT2D eigenvalue weighted by Crippen LogP contribution is -2.29. The molecule has 4 aromatic carbocycles. The van der Waals surface area contributed by atoms with E-state index in [9.17, 15) is 14.4 Å². The van der Waals surface area contributed by atoms with Gasteiger partial charge in [-0.2, -0.15) is 0 Å².